The van der Waals surface area contributed by atoms with Crippen LogP contribution in [0.3, 0.4) is 0 Å². The number of nitrogens with two attached hydrogens (primary N) is 1. The number of ether oxygens (including phenoxy) is 1. The number of hydrazine groups is 1. The van der Waals surface area contributed by atoms with E-state index in [1.807, 2.05) is 0 Å². The molecule has 1 unspecified atom stereocenters. The van der Waals surface area contributed by atoms with Crippen molar-refractivity contribution in [2.24, 2.45) is 5.84 Å². The number of carbonyl (C=O) groups excluding carboxylic acids is 1. The fourth-order valence-electron chi connectivity index (χ4n) is 1.85. The molecule has 0 saturated heterocycles. The Morgan fingerprint density at radius 2 is 2.20 bits per heavy atom. The van der Waals surface area contributed by atoms with Gasteiger partial charge in [-0.1, -0.05) is 19.3 Å². The standard InChI is InChI=1S/C10H20N2O2S/c1-14-7-9(10(13)12-11)15-8-5-3-2-4-6-8/h8-9H,2-7,11H2,1H3,(H,12,13). The maximum Gasteiger partial charge on any atom is 0.249 e. The number of rotatable bonds is 5. The van der Waals surface area contributed by atoms with E-state index in [0.29, 0.717) is 11.9 Å². The number of hydrogen-bond acceptors (Lipinski definition) is 4. The van der Waals surface area contributed by atoms with Crippen LogP contribution in [0.25, 0.3) is 0 Å². The summed E-state index contributed by atoms with van der Waals surface area (Å²) in [5.41, 5.74) is 2.20. The zero-order valence-electron chi connectivity index (χ0n) is 9.20. The summed E-state index contributed by atoms with van der Waals surface area (Å²) < 4.78 is 5.03. The van der Waals surface area contributed by atoms with Crippen molar-refractivity contribution in [3.63, 3.8) is 0 Å². The summed E-state index contributed by atoms with van der Waals surface area (Å²) in [7, 11) is 1.61. The van der Waals surface area contributed by atoms with E-state index in [1.165, 1.54) is 32.1 Å². The third kappa shape index (κ3) is 4.40. The second-order valence-electron chi connectivity index (χ2n) is 3.85. The summed E-state index contributed by atoms with van der Waals surface area (Å²) in [6, 6.07) is 0. The Bertz CT molecular complexity index is 196. The second-order valence-corrected chi connectivity index (χ2v) is 5.36. The Kier molecular flexibility index (Phi) is 6.05. The van der Waals surface area contributed by atoms with Crippen LogP contribution in [-0.4, -0.2) is 30.1 Å². The molecule has 0 bridgehead atoms. The van der Waals surface area contributed by atoms with Crippen molar-refractivity contribution in [2.45, 2.75) is 42.6 Å². The van der Waals surface area contributed by atoms with Crippen LogP contribution in [0.15, 0.2) is 0 Å². The van der Waals surface area contributed by atoms with E-state index >= 15 is 0 Å². The molecule has 1 amide bonds. The minimum atomic E-state index is -0.164. The molecule has 0 aliphatic heterocycles. The van der Waals surface area contributed by atoms with Crippen LogP contribution < -0.4 is 11.3 Å². The van der Waals surface area contributed by atoms with Gasteiger partial charge in [0.15, 0.2) is 0 Å². The summed E-state index contributed by atoms with van der Waals surface area (Å²) in [6.07, 6.45) is 6.31. The van der Waals surface area contributed by atoms with Crippen molar-refractivity contribution < 1.29 is 9.53 Å². The van der Waals surface area contributed by atoms with Gasteiger partial charge in [0, 0.05) is 12.4 Å². The van der Waals surface area contributed by atoms with E-state index in [9.17, 15) is 4.79 Å². The first-order valence-electron chi connectivity index (χ1n) is 5.42. The van der Waals surface area contributed by atoms with Gasteiger partial charge in [0.1, 0.15) is 5.25 Å². The first kappa shape index (κ1) is 12.8. The van der Waals surface area contributed by atoms with Gasteiger partial charge in [-0.2, -0.15) is 0 Å². The predicted octanol–water partition coefficient (Wildman–Crippen LogP) is 1.06. The molecule has 4 nitrogen and oxygen atoms in total. The average Bonchev–Trinajstić information content (AvgIpc) is 2.29. The fourth-order valence-corrected chi connectivity index (χ4v) is 3.33. The molecule has 1 aliphatic rings. The maximum atomic E-state index is 11.4. The Morgan fingerprint density at radius 3 is 2.73 bits per heavy atom. The summed E-state index contributed by atoms with van der Waals surface area (Å²) >= 11 is 1.71. The summed E-state index contributed by atoms with van der Waals surface area (Å²) in [6.45, 7) is 0.435. The highest BCUT2D eigenvalue weighted by atomic mass is 32.2. The summed E-state index contributed by atoms with van der Waals surface area (Å²) in [4.78, 5) is 11.4. The second kappa shape index (κ2) is 7.09. The van der Waals surface area contributed by atoms with E-state index in [-0.39, 0.29) is 11.2 Å². The number of nitrogens with one attached hydrogen (secondary N) is 1. The third-order valence-electron chi connectivity index (χ3n) is 2.66. The molecule has 1 saturated carbocycles. The highest BCUT2D eigenvalue weighted by molar-refractivity contribution is 8.01. The van der Waals surface area contributed by atoms with Crippen molar-refractivity contribution in [1.82, 2.24) is 5.43 Å². The fraction of sp³-hybridized carbons (Fsp3) is 0.900. The molecule has 0 radical (unpaired) electrons. The molecule has 1 fully saturated rings. The lowest BCUT2D eigenvalue weighted by Gasteiger charge is -2.24. The highest BCUT2D eigenvalue weighted by Gasteiger charge is 2.24. The Morgan fingerprint density at radius 1 is 1.53 bits per heavy atom. The van der Waals surface area contributed by atoms with Gasteiger partial charge >= 0.3 is 0 Å². The Hall–Kier alpha value is -0.260. The predicted molar refractivity (Wildman–Crippen MR) is 62.5 cm³/mol. The lowest BCUT2D eigenvalue weighted by Crippen LogP contribution is -2.40. The molecule has 1 aliphatic carbocycles. The molecule has 0 aromatic carbocycles. The SMILES string of the molecule is COCC(SC1CCCCC1)C(=O)NN. The van der Waals surface area contributed by atoms with Crippen LogP contribution in [0.5, 0.6) is 0 Å². The number of methoxy groups -OCH3 is 1. The number of carbonyl (C=O) groups is 1. The molecule has 1 rings (SSSR count). The van der Waals surface area contributed by atoms with Crippen LogP contribution >= 0.6 is 11.8 Å². The number of amides is 1. The van der Waals surface area contributed by atoms with E-state index in [1.54, 1.807) is 18.9 Å². The largest absolute Gasteiger partial charge is 0.383 e. The van der Waals surface area contributed by atoms with Crippen molar-refractivity contribution in [3.05, 3.63) is 0 Å². The average molecular weight is 232 g/mol. The van der Waals surface area contributed by atoms with Crippen molar-refractivity contribution >= 4 is 17.7 Å². The molecule has 88 valence electrons. The van der Waals surface area contributed by atoms with Crippen molar-refractivity contribution in [3.8, 4) is 0 Å². The lowest BCUT2D eigenvalue weighted by molar-refractivity contribution is -0.121. The van der Waals surface area contributed by atoms with Gasteiger partial charge in [0.25, 0.3) is 0 Å². The van der Waals surface area contributed by atoms with Gasteiger partial charge in [-0.25, -0.2) is 5.84 Å². The van der Waals surface area contributed by atoms with E-state index in [0.717, 1.165) is 0 Å². The zero-order chi connectivity index (χ0) is 11.1. The van der Waals surface area contributed by atoms with Crippen LogP contribution in [0.1, 0.15) is 32.1 Å². The van der Waals surface area contributed by atoms with E-state index < -0.39 is 0 Å². The molecular weight excluding hydrogens is 212 g/mol. The first-order valence-corrected chi connectivity index (χ1v) is 6.37. The monoisotopic (exact) mass is 232 g/mol. The molecule has 15 heavy (non-hydrogen) atoms. The van der Waals surface area contributed by atoms with Gasteiger partial charge < -0.3 is 4.74 Å². The van der Waals surface area contributed by atoms with E-state index in [4.69, 9.17) is 10.6 Å². The minimum absolute atomic E-state index is 0.132. The molecule has 0 spiro atoms. The molecule has 0 aromatic heterocycles. The normalized spacial score (nSPS) is 19.9. The quantitative estimate of drug-likeness (QED) is 0.422. The Labute approximate surface area is 95.3 Å². The maximum absolute atomic E-state index is 11.4. The van der Waals surface area contributed by atoms with Gasteiger partial charge in [0.05, 0.1) is 6.61 Å². The van der Waals surface area contributed by atoms with Crippen molar-refractivity contribution in [1.29, 1.82) is 0 Å². The molecule has 5 heteroatoms. The van der Waals surface area contributed by atoms with Crippen LogP contribution in [0.2, 0.25) is 0 Å². The van der Waals surface area contributed by atoms with Crippen LogP contribution in [0.4, 0.5) is 0 Å². The molecule has 0 heterocycles. The Balaban J connectivity index is 2.38. The third-order valence-corrected chi connectivity index (χ3v) is 4.20. The lowest BCUT2D eigenvalue weighted by atomic mass is 10.0. The van der Waals surface area contributed by atoms with E-state index in [2.05, 4.69) is 5.43 Å². The smallest absolute Gasteiger partial charge is 0.249 e. The van der Waals surface area contributed by atoms with Gasteiger partial charge in [-0.15, -0.1) is 11.8 Å². The minimum Gasteiger partial charge on any atom is -0.383 e. The highest BCUT2D eigenvalue weighted by Crippen LogP contribution is 2.31. The van der Waals surface area contributed by atoms with Gasteiger partial charge in [0.2, 0.25) is 5.91 Å². The van der Waals surface area contributed by atoms with Crippen LogP contribution in [0, 0.1) is 0 Å². The number of hydrogen-bond donors (Lipinski definition) is 2. The van der Waals surface area contributed by atoms with Gasteiger partial charge in [-0.3, -0.25) is 10.2 Å². The van der Waals surface area contributed by atoms with Crippen molar-refractivity contribution in [2.75, 3.05) is 13.7 Å². The number of thioether (sulfide) groups is 1. The zero-order valence-corrected chi connectivity index (χ0v) is 10.0. The summed E-state index contributed by atoms with van der Waals surface area (Å²) in [5.74, 6) is 5.01. The summed E-state index contributed by atoms with van der Waals surface area (Å²) in [5, 5.41) is 0.430. The topological polar surface area (TPSA) is 64.3 Å². The van der Waals surface area contributed by atoms with Gasteiger partial charge in [-0.05, 0) is 12.8 Å². The first-order chi connectivity index (χ1) is 7.27. The van der Waals surface area contributed by atoms with Crippen LogP contribution in [-0.2, 0) is 9.53 Å². The molecular formula is C10H20N2O2S. The molecule has 3 N–H and O–H groups in total. The molecule has 0 aromatic rings. The molecule has 1 atom stereocenters.